The Morgan fingerprint density at radius 2 is 2.14 bits per heavy atom. The molecule has 1 unspecified atom stereocenters. The molecule has 0 radical (unpaired) electrons. The van der Waals surface area contributed by atoms with E-state index in [0.29, 0.717) is 5.92 Å². The number of benzene rings is 1. The summed E-state index contributed by atoms with van der Waals surface area (Å²) in [6.07, 6.45) is 4.38. The molecule has 2 rings (SSSR count). The van der Waals surface area contributed by atoms with Gasteiger partial charge in [0.1, 0.15) is 0 Å². The van der Waals surface area contributed by atoms with Gasteiger partial charge in [-0.15, -0.1) is 0 Å². The lowest BCUT2D eigenvalue weighted by Gasteiger charge is -2.30. The van der Waals surface area contributed by atoms with Crippen molar-refractivity contribution >= 4 is 5.91 Å². The van der Waals surface area contributed by atoms with E-state index < -0.39 is 0 Å². The van der Waals surface area contributed by atoms with Gasteiger partial charge in [0, 0.05) is 18.7 Å². The Morgan fingerprint density at radius 1 is 1.33 bits per heavy atom. The molecule has 1 aliphatic heterocycles. The molecule has 1 N–H and O–H groups in total. The number of rotatable bonds is 6. The first-order valence-corrected chi connectivity index (χ1v) is 8.34. The normalized spacial score (nSPS) is 18.5. The number of piperidine rings is 1. The highest BCUT2D eigenvalue weighted by Crippen LogP contribution is 2.17. The van der Waals surface area contributed by atoms with Crippen molar-refractivity contribution in [1.82, 2.24) is 10.2 Å². The Morgan fingerprint density at radius 3 is 2.81 bits per heavy atom. The van der Waals surface area contributed by atoms with Crippen LogP contribution in [-0.4, -0.2) is 37.0 Å². The largest absolute Gasteiger partial charge is 0.338 e. The Labute approximate surface area is 128 Å². The quantitative estimate of drug-likeness (QED) is 0.872. The summed E-state index contributed by atoms with van der Waals surface area (Å²) in [5.41, 5.74) is 2.04. The molecule has 1 heterocycles. The van der Waals surface area contributed by atoms with E-state index >= 15 is 0 Å². The Hall–Kier alpha value is -1.35. The summed E-state index contributed by atoms with van der Waals surface area (Å²) in [6.45, 7) is 8.16. The van der Waals surface area contributed by atoms with Crippen molar-refractivity contribution in [2.24, 2.45) is 5.92 Å². The monoisotopic (exact) mass is 288 g/mol. The first-order chi connectivity index (χ1) is 10.3. The summed E-state index contributed by atoms with van der Waals surface area (Å²) in [7, 11) is 0. The van der Waals surface area contributed by atoms with Gasteiger partial charge in [0.2, 0.25) is 0 Å². The van der Waals surface area contributed by atoms with E-state index in [1.807, 2.05) is 18.2 Å². The summed E-state index contributed by atoms with van der Waals surface area (Å²) in [5, 5.41) is 3.45. The van der Waals surface area contributed by atoms with Gasteiger partial charge in [0.15, 0.2) is 0 Å². The minimum atomic E-state index is 0.208. The number of amides is 1. The van der Waals surface area contributed by atoms with Crippen molar-refractivity contribution in [2.45, 2.75) is 39.5 Å². The molecule has 1 aliphatic rings. The van der Waals surface area contributed by atoms with Gasteiger partial charge in [-0.05, 0) is 56.3 Å². The third-order valence-corrected chi connectivity index (χ3v) is 4.29. The number of hydrogen-bond donors (Lipinski definition) is 1. The highest BCUT2D eigenvalue weighted by atomic mass is 16.2. The van der Waals surface area contributed by atoms with Crippen molar-refractivity contribution in [3.63, 3.8) is 0 Å². The third kappa shape index (κ3) is 4.31. The van der Waals surface area contributed by atoms with Crippen molar-refractivity contribution in [2.75, 3.05) is 26.2 Å². The van der Waals surface area contributed by atoms with E-state index in [2.05, 4.69) is 30.1 Å². The van der Waals surface area contributed by atoms with Crippen molar-refractivity contribution in [1.29, 1.82) is 0 Å². The van der Waals surface area contributed by atoms with Gasteiger partial charge in [-0.1, -0.05) is 32.0 Å². The standard InChI is InChI=1S/C18H28N2O/c1-3-12-20(14-15-8-7-11-19-13-15)18(21)17-10-6-5-9-16(17)4-2/h5-6,9-10,15,19H,3-4,7-8,11-14H2,1-2H3. The lowest BCUT2D eigenvalue weighted by molar-refractivity contribution is 0.0717. The van der Waals surface area contributed by atoms with E-state index in [1.165, 1.54) is 12.8 Å². The Bertz CT molecular complexity index is 452. The highest BCUT2D eigenvalue weighted by Gasteiger charge is 2.22. The maximum absolute atomic E-state index is 12.9. The van der Waals surface area contributed by atoms with Gasteiger partial charge in [-0.3, -0.25) is 4.79 Å². The van der Waals surface area contributed by atoms with E-state index in [1.54, 1.807) is 0 Å². The molecule has 1 atom stereocenters. The number of hydrogen-bond acceptors (Lipinski definition) is 2. The molecule has 1 fully saturated rings. The SMILES string of the molecule is CCCN(CC1CCCNC1)C(=O)c1ccccc1CC. The van der Waals surface area contributed by atoms with Crippen molar-refractivity contribution in [3.8, 4) is 0 Å². The molecular weight excluding hydrogens is 260 g/mol. The zero-order chi connectivity index (χ0) is 15.1. The predicted molar refractivity (Wildman–Crippen MR) is 87.6 cm³/mol. The van der Waals surface area contributed by atoms with Crippen LogP contribution < -0.4 is 5.32 Å². The third-order valence-electron chi connectivity index (χ3n) is 4.29. The fourth-order valence-electron chi connectivity index (χ4n) is 3.14. The first kappa shape index (κ1) is 16.0. The average molecular weight is 288 g/mol. The van der Waals surface area contributed by atoms with Crippen LogP contribution in [-0.2, 0) is 6.42 Å². The minimum absolute atomic E-state index is 0.208. The topological polar surface area (TPSA) is 32.3 Å². The van der Waals surface area contributed by atoms with Crippen molar-refractivity contribution < 1.29 is 4.79 Å². The molecular formula is C18H28N2O. The second-order valence-electron chi connectivity index (χ2n) is 5.97. The zero-order valence-electron chi connectivity index (χ0n) is 13.4. The van der Waals surface area contributed by atoms with E-state index in [4.69, 9.17) is 0 Å². The Balaban J connectivity index is 2.10. The van der Waals surface area contributed by atoms with Gasteiger partial charge >= 0.3 is 0 Å². The summed E-state index contributed by atoms with van der Waals surface area (Å²) >= 11 is 0. The molecule has 1 amide bonds. The van der Waals surface area contributed by atoms with Crippen LogP contribution in [0.25, 0.3) is 0 Å². The highest BCUT2D eigenvalue weighted by molar-refractivity contribution is 5.95. The average Bonchev–Trinajstić information content (AvgIpc) is 2.54. The zero-order valence-corrected chi connectivity index (χ0v) is 13.4. The van der Waals surface area contributed by atoms with Gasteiger partial charge in [0.05, 0.1) is 0 Å². The van der Waals surface area contributed by atoms with Crippen LogP contribution >= 0.6 is 0 Å². The summed E-state index contributed by atoms with van der Waals surface area (Å²) in [6, 6.07) is 8.03. The molecule has 3 heteroatoms. The number of carbonyl (C=O) groups excluding carboxylic acids is 1. The molecule has 0 saturated carbocycles. The fourth-order valence-corrected chi connectivity index (χ4v) is 3.14. The van der Waals surface area contributed by atoms with E-state index in [-0.39, 0.29) is 5.91 Å². The van der Waals surface area contributed by atoms with Gasteiger partial charge in [-0.2, -0.15) is 0 Å². The van der Waals surface area contributed by atoms with Crippen molar-refractivity contribution in [3.05, 3.63) is 35.4 Å². The molecule has 0 bridgehead atoms. The lowest BCUT2D eigenvalue weighted by atomic mass is 9.98. The van der Waals surface area contributed by atoms with Crippen LogP contribution in [0.5, 0.6) is 0 Å². The smallest absolute Gasteiger partial charge is 0.254 e. The second kappa shape index (κ2) is 8.18. The minimum Gasteiger partial charge on any atom is -0.338 e. The first-order valence-electron chi connectivity index (χ1n) is 8.34. The predicted octanol–water partition coefficient (Wildman–Crippen LogP) is 3.10. The molecule has 3 nitrogen and oxygen atoms in total. The fraction of sp³-hybridized carbons (Fsp3) is 0.611. The molecule has 116 valence electrons. The molecule has 1 aromatic carbocycles. The summed E-state index contributed by atoms with van der Waals surface area (Å²) in [4.78, 5) is 15.0. The van der Waals surface area contributed by atoms with E-state index in [0.717, 1.165) is 50.1 Å². The molecule has 0 aliphatic carbocycles. The van der Waals surface area contributed by atoms with Crippen LogP contribution in [0, 0.1) is 5.92 Å². The number of nitrogens with zero attached hydrogens (tertiary/aromatic N) is 1. The molecule has 1 aromatic rings. The molecule has 21 heavy (non-hydrogen) atoms. The van der Waals surface area contributed by atoms with Crippen LogP contribution in [0.2, 0.25) is 0 Å². The van der Waals surface area contributed by atoms with Gasteiger partial charge < -0.3 is 10.2 Å². The maximum Gasteiger partial charge on any atom is 0.254 e. The van der Waals surface area contributed by atoms with Crippen LogP contribution in [0.15, 0.2) is 24.3 Å². The van der Waals surface area contributed by atoms with Crippen LogP contribution in [0.4, 0.5) is 0 Å². The number of aryl methyl sites for hydroxylation is 1. The number of nitrogens with one attached hydrogen (secondary N) is 1. The molecule has 1 saturated heterocycles. The maximum atomic E-state index is 12.9. The summed E-state index contributed by atoms with van der Waals surface area (Å²) < 4.78 is 0. The second-order valence-corrected chi connectivity index (χ2v) is 5.97. The van der Waals surface area contributed by atoms with E-state index in [9.17, 15) is 4.79 Å². The lowest BCUT2D eigenvalue weighted by Crippen LogP contribution is -2.41. The molecule has 0 aromatic heterocycles. The Kier molecular flexibility index (Phi) is 6.24. The van der Waals surface area contributed by atoms with Crippen LogP contribution in [0.1, 0.15) is 49.0 Å². The van der Waals surface area contributed by atoms with Gasteiger partial charge in [-0.25, -0.2) is 0 Å². The number of carbonyl (C=O) groups is 1. The summed E-state index contributed by atoms with van der Waals surface area (Å²) in [5.74, 6) is 0.808. The van der Waals surface area contributed by atoms with Gasteiger partial charge in [0.25, 0.3) is 5.91 Å². The van der Waals surface area contributed by atoms with Crippen LogP contribution in [0.3, 0.4) is 0 Å². The molecule has 0 spiro atoms.